The maximum atomic E-state index is 11.1. The number of amides is 1. The number of carboxylic acids is 1. The van der Waals surface area contributed by atoms with Crippen molar-refractivity contribution in [2.45, 2.75) is 6.54 Å². The largest absolute Gasteiger partial charge is 0.478 e. The molecular formula is C11H14N2O3. The Balaban J connectivity index is 2.49. The van der Waals surface area contributed by atoms with E-state index in [1.165, 1.54) is 12.1 Å². The third-order valence-corrected chi connectivity index (χ3v) is 2.03. The topological polar surface area (TPSA) is 78.4 Å². The molecule has 0 bridgehead atoms. The number of likely N-dealkylation sites (N-methyl/N-ethyl adjacent to an activating group) is 1. The molecule has 1 rings (SSSR count). The minimum Gasteiger partial charge on any atom is -0.478 e. The molecular weight excluding hydrogens is 208 g/mol. The molecule has 0 aliphatic carbocycles. The third kappa shape index (κ3) is 3.70. The summed E-state index contributed by atoms with van der Waals surface area (Å²) in [6, 6.07) is 6.40. The van der Waals surface area contributed by atoms with E-state index in [-0.39, 0.29) is 18.0 Å². The Hall–Kier alpha value is -1.88. The summed E-state index contributed by atoms with van der Waals surface area (Å²) < 4.78 is 0. The number of benzene rings is 1. The molecule has 1 amide bonds. The number of carboxylic acid groups (broad SMARTS) is 1. The van der Waals surface area contributed by atoms with Crippen LogP contribution in [0.5, 0.6) is 0 Å². The standard InChI is InChI=1S/C11H14N2O3/c1-12-7-10(14)13-6-8-2-4-9(5-3-8)11(15)16/h2-5,12H,6-7H2,1H3,(H,13,14)(H,15,16). The number of carbonyl (C=O) groups is 2. The average molecular weight is 222 g/mol. The van der Waals surface area contributed by atoms with Crippen LogP contribution in [0.4, 0.5) is 0 Å². The van der Waals surface area contributed by atoms with Crippen LogP contribution < -0.4 is 10.6 Å². The second-order valence-electron chi connectivity index (χ2n) is 3.31. The van der Waals surface area contributed by atoms with Crippen LogP contribution in [0.25, 0.3) is 0 Å². The molecule has 0 aliphatic rings. The Morgan fingerprint density at radius 2 is 1.88 bits per heavy atom. The van der Waals surface area contributed by atoms with Crippen molar-refractivity contribution in [3.05, 3.63) is 35.4 Å². The van der Waals surface area contributed by atoms with Crippen molar-refractivity contribution >= 4 is 11.9 Å². The fraction of sp³-hybridized carbons (Fsp3) is 0.273. The first-order valence-corrected chi connectivity index (χ1v) is 4.87. The number of hydrogen-bond acceptors (Lipinski definition) is 3. The molecule has 5 heteroatoms. The zero-order chi connectivity index (χ0) is 12.0. The van der Waals surface area contributed by atoms with Gasteiger partial charge in [0.25, 0.3) is 0 Å². The molecule has 0 saturated heterocycles. The lowest BCUT2D eigenvalue weighted by molar-refractivity contribution is -0.120. The minimum absolute atomic E-state index is 0.0928. The number of carbonyl (C=O) groups excluding carboxylic acids is 1. The lowest BCUT2D eigenvalue weighted by atomic mass is 10.1. The second-order valence-corrected chi connectivity index (χ2v) is 3.31. The lowest BCUT2D eigenvalue weighted by Gasteiger charge is -2.05. The van der Waals surface area contributed by atoms with Crippen LogP contribution in [0, 0.1) is 0 Å². The Bertz CT molecular complexity index is 373. The van der Waals surface area contributed by atoms with Gasteiger partial charge in [-0.2, -0.15) is 0 Å². The molecule has 0 saturated carbocycles. The van der Waals surface area contributed by atoms with Crippen LogP contribution in [0.3, 0.4) is 0 Å². The van der Waals surface area contributed by atoms with E-state index in [9.17, 15) is 9.59 Å². The Labute approximate surface area is 93.5 Å². The Morgan fingerprint density at radius 3 is 2.38 bits per heavy atom. The normalized spacial score (nSPS) is 9.81. The zero-order valence-corrected chi connectivity index (χ0v) is 8.99. The molecule has 86 valence electrons. The molecule has 0 radical (unpaired) electrons. The Morgan fingerprint density at radius 1 is 1.25 bits per heavy atom. The third-order valence-electron chi connectivity index (χ3n) is 2.03. The van der Waals surface area contributed by atoms with Gasteiger partial charge in [0.15, 0.2) is 0 Å². The predicted octanol–water partition coefficient (Wildman–Crippen LogP) is 0.220. The van der Waals surface area contributed by atoms with E-state index in [0.717, 1.165) is 5.56 Å². The molecule has 0 heterocycles. The van der Waals surface area contributed by atoms with Crippen molar-refractivity contribution in [2.24, 2.45) is 0 Å². The van der Waals surface area contributed by atoms with Gasteiger partial charge in [0.05, 0.1) is 12.1 Å². The van der Waals surface area contributed by atoms with Crippen molar-refractivity contribution in [2.75, 3.05) is 13.6 Å². The van der Waals surface area contributed by atoms with Crippen LogP contribution in [-0.2, 0) is 11.3 Å². The van der Waals surface area contributed by atoms with Crippen LogP contribution >= 0.6 is 0 Å². The van der Waals surface area contributed by atoms with E-state index in [1.807, 2.05) is 0 Å². The van der Waals surface area contributed by atoms with Gasteiger partial charge in [-0.1, -0.05) is 12.1 Å². The SMILES string of the molecule is CNCC(=O)NCc1ccc(C(=O)O)cc1. The van der Waals surface area contributed by atoms with Crippen LogP contribution in [0.15, 0.2) is 24.3 Å². The van der Waals surface area contributed by atoms with E-state index in [1.54, 1.807) is 19.2 Å². The van der Waals surface area contributed by atoms with Gasteiger partial charge in [-0.15, -0.1) is 0 Å². The minimum atomic E-state index is -0.953. The molecule has 1 aromatic rings. The number of hydrogen-bond donors (Lipinski definition) is 3. The van der Waals surface area contributed by atoms with E-state index in [0.29, 0.717) is 6.54 Å². The highest BCUT2D eigenvalue weighted by molar-refractivity contribution is 5.87. The first-order valence-electron chi connectivity index (χ1n) is 4.87. The fourth-order valence-electron chi connectivity index (χ4n) is 1.19. The smallest absolute Gasteiger partial charge is 0.335 e. The van der Waals surface area contributed by atoms with Crippen molar-refractivity contribution in [3.8, 4) is 0 Å². The van der Waals surface area contributed by atoms with Gasteiger partial charge in [0.2, 0.25) is 5.91 Å². The molecule has 3 N–H and O–H groups in total. The molecule has 16 heavy (non-hydrogen) atoms. The van der Waals surface area contributed by atoms with Crippen LogP contribution in [-0.4, -0.2) is 30.6 Å². The molecule has 0 atom stereocenters. The second kappa shape index (κ2) is 5.87. The van der Waals surface area contributed by atoms with E-state index < -0.39 is 5.97 Å². The molecule has 0 aliphatic heterocycles. The summed E-state index contributed by atoms with van der Waals surface area (Å²) >= 11 is 0. The van der Waals surface area contributed by atoms with Gasteiger partial charge in [-0.05, 0) is 24.7 Å². The molecule has 0 unspecified atom stereocenters. The lowest BCUT2D eigenvalue weighted by Crippen LogP contribution is -2.31. The summed E-state index contributed by atoms with van der Waals surface area (Å²) in [7, 11) is 1.70. The molecule has 1 aromatic carbocycles. The zero-order valence-electron chi connectivity index (χ0n) is 8.99. The summed E-state index contributed by atoms with van der Waals surface area (Å²) in [5.41, 5.74) is 1.11. The first-order chi connectivity index (χ1) is 7.63. The molecule has 0 aromatic heterocycles. The predicted molar refractivity (Wildman–Crippen MR) is 59.2 cm³/mol. The first kappa shape index (κ1) is 12.2. The van der Waals surface area contributed by atoms with Gasteiger partial charge in [0, 0.05) is 6.54 Å². The molecule has 0 fully saturated rings. The molecule has 0 spiro atoms. The van der Waals surface area contributed by atoms with Gasteiger partial charge in [0.1, 0.15) is 0 Å². The van der Waals surface area contributed by atoms with E-state index in [4.69, 9.17) is 5.11 Å². The number of rotatable bonds is 5. The van der Waals surface area contributed by atoms with Gasteiger partial charge >= 0.3 is 5.97 Å². The van der Waals surface area contributed by atoms with Gasteiger partial charge < -0.3 is 15.7 Å². The van der Waals surface area contributed by atoms with Crippen molar-refractivity contribution in [3.63, 3.8) is 0 Å². The highest BCUT2D eigenvalue weighted by atomic mass is 16.4. The fourth-order valence-corrected chi connectivity index (χ4v) is 1.19. The van der Waals surface area contributed by atoms with E-state index in [2.05, 4.69) is 10.6 Å². The van der Waals surface area contributed by atoms with Gasteiger partial charge in [-0.25, -0.2) is 4.79 Å². The molecule has 5 nitrogen and oxygen atoms in total. The van der Waals surface area contributed by atoms with Crippen molar-refractivity contribution in [1.29, 1.82) is 0 Å². The monoisotopic (exact) mass is 222 g/mol. The highest BCUT2D eigenvalue weighted by Crippen LogP contribution is 2.03. The summed E-state index contributed by atoms with van der Waals surface area (Å²) in [4.78, 5) is 21.7. The van der Waals surface area contributed by atoms with Crippen LogP contribution in [0.1, 0.15) is 15.9 Å². The quantitative estimate of drug-likeness (QED) is 0.666. The average Bonchev–Trinajstić information content (AvgIpc) is 2.27. The highest BCUT2D eigenvalue weighted by Gasteiger charge is 2.02. The summed E-state index contributed by atoms with van der Waals surface area (Å²) in [5, 5.41) is 14.1. The number of aromatic carboxylic acids is 1. The van der Waals surface area contributed by atoms with Crippen molar-refractivity contribution in [1.82, 2.24) is 10.6 Å². The summed E-state index contributed by atoms with van der Waals surface area (Å²) in [6.45, 7) is 0.674. The Kier molecular flexibility index (Phi) is 4.47. The maximum absolute atomic E-state index is 11.1. The van der Waals surface area contributed by atoms with Crippen LogP contribution in [0.2, 0.25) is 0 Å². The van der Waals surface area contributed by atoms with Gasteiger partial charge in [-0.3, -0.25) is 4.79 Å². The van der Waals surface area contributed by atoms with Crippen molar-refractivity contribution < 1.29 is 14.7 Å². The summed E-state index contributed by atoms with van der Waals surface area (Å²) in [5.74, 6) is -1.05. The van der Waals surface area contributed by atoms with E-state index >= 15 is 0 Å². The summed E-state index contributed by atoms with van der Waals surface area (Å²) in [6.07, 6.45) is 0. The maximum Gasteiger partial charge on any atom is 0.335 e. The number of nitrogens with one attached hydrogen (secondary N) is 2.